The fourth-order valence-corrected chi connectivity index (χ4v) is 6.76. The smallest absolute Gasteiger partial charge is 0.257 e. The van der Waals surface area contributed by atoms with Crippen LogP contribution >= 0.6 is 22.9 Å². The average molecular weight is 557 g/mol. The Kier molecular flexibility index (Phi) is 7.46. The average Bonchev–Trinajstić information content (AvgIpc) is 3.55. The van der Waals surface area contributed by atoms with E-state index in [1.165, 1.54) is 22.5 Å². The number of aromatic nitrogens is 1. The molecule has 2 amide bonds. The van der Waals surface area contributed by atoms with E-state index in [0.29, 0.717) is 28.8 Å². The van der Waals surface area contributed by atoms with Crippen molar-refractivity contribution >= 4 is 39.9 Å². The molecule has 1 atom stereocenters. The fourth-order valence-electron chi connectivity index (χ4n) is 5.60. The number of piperazine rings is 1. The van der Waals surface area contributed by atoms with Crippen molar-refractivity contribution in [3.63, 3.8) is 0 Å². The summed E-state index contributed by atoms with van der Waals surface area (Å²) in [5.41, 5.74) is 3.87. The van der Waals surface area contributed by atoms with Gasteiger partial charge in [0, 0.05) is 41.6 Å². The number of halogens is 1. The van der Waals surface area contributed by atoms with Crippen LogP contribution < -0.4 is 5.32 Å². The maximum atomic E-state index is 13.6. The molecule has 0 radical (unpaired) electrons. The van der Waals surface area contributed by atoms with Gasteiger partial charge >= 0.3 is 0 Å². The molecule has 6 nitrogen and oxygen atoms in total. The van der Waals surface area contributed by atoms with Gasteiger partial charge in [-0.15, -0.1) is 11.3 Å². The minimum absolute atomic E-state index is 0.144. The molecular formula is C31H29ClN4O2S. The molecular weight excluding hydrogens is 528 g/mol. The van der Waals surface area contributed by atoms with Gasteiger partial charge in [0.15, 0.2) is 5.13 Å². The number of hydrogen-bond acceptors (Lipinski definition) is 5. The van der Waals surface area contributed by atoms with E-state index in [0.717, 1.165) is 36.5 Å². The SMILES string of the molecule is O=C(Nc1nc2c(s1)CCC2C(=O)N1CCN(C(c2ccccc2)c2ccccc2)CC1)c1ccc(Cl)cc1. The second kappa shape index (κ2) is 11.3. The molecule has 4 aromatic rings. The zero-order valence-corrected chi connectivity index (χ0v) is 23.0. The van der Waals surface area contributed by atoms with Crippen LogP contribution in [0.4, 0.5) is 5.13 Å². The monoisotopic (exact) mass is 556 g/mol. The molecule has 0 saturated carbocycles. The van der Waals surface area contributed by atoms with Crippen LogP contribution in [0.15, 0.2) is 84.9 Å². The third-order valence-corrected chi connectivity index (χ3v) is 8.86. The van der Waals surface area contributed by atoms with E-state index < -0.39 is 0 Å². The van der Waals surface area contributed by atoms with Crippen molar-refractivity contribution in [2.75, 3.05) is 31.5 Å². The van der Waals surface area contributed by atoms with Crippen LogP contribution in [0, 0.1) is 0 Å². The van der Waals surface area contributed by atoms with Gasteiger partial charge in [-0.05, 0) is 48.2 Å². The molecule has 1 unspecified atom stereocenters. The molecule has 1 aliphatic carbocycles. The molecule has 0 spiro atoms. The second-order valence-corrected chi connectivity index (χ2v) is 11.5. The van der Waals surface area contributed by atoms with Crippen molar-refractivity contribution in [2.45, 2.75) is 24.8 Å². The first-order chi connectivity index (χ1) is 19.1. The lowest BCUT2D eigenvalue weighted by molar-refractivity contribution is -0.134. The molecule has 198 valence electrons. The number of nitrogens with zero attached hydrogens (tertiary/aromatic N) is 3. The summed E-state index contributed by atoms with van der Waals surface area (Å²) in [7, 11) is 0. The van der Waals surface area contributed by atoms with Gasteiger partial charge < -0.3 is 4.90 Å². The molecule has 1 N–H and O–H groups in total. The van der Waals surface area contributed by atoms with Gasteiger partial charge in [0.25, 0.3) is 5.91 Å². The quantitative estimate of drug-likeness (QED) is 0.316. The molecule has 0 bridgehead atoms. The van der Waals surface area contributed by atoms with Crippen molar-refractivity contribution in [2.24, 2.45) is 0 Å². The lowest BCUT2D eigenvalue weighted by atomic mass is 9.96. The summed E-state index contributed by atoms with van der Waals surface area (Å²) in [6.07, 6.45) is 1.58. The van der Waals surface area contributed by atoms with Gasteiger partial charge in [-0.25, -0.2) is 4.98 Å². The number of rotatable bonds is 6. The lowest BCUT2D eigenvalue weighted by Crippen LogP contribution is -2.50. The summed E-state index contributed by atoms with van der Waals surface area (Å²) in [5.74, 6) is -0.335. The molecule has 3 aromatic carbocycles. The second-order valence-electron chi connectivity index (χ2n) is 9.96. The first-order valence-corrected chi connectivity index (χ1v) is 14.5. The summed E-state index contributed by atoms with van der Waals surface area (Å²) in [5, 5.41) is 4.01. The predicted molar refractivity (Wildman–Crippen MR) is 155 cm³/mol. The van der Waals surface area contributed by atoms with Gasteiger partial charge in [-0.1, -0.05) is 72.3 Å². The number of nitrogens with one attached hydrogen (secondary N) is 1. The van der Waals surface area contributed by atoms with Crippen LogP contribution in [-0.4, -0.2) is 52.8 Å². The zero-order valence-electron chi connectivity index (χ0n) is 21.4. The van der Waals surface area contributed by atoms with E-state index in [9.17, 15) is 9.59 Å². The van der Waals surface area contributed by atoms with Crippen molar-refractivity contribution in [3.8, 4) is 0 Å². The zero-order chi connectivity index (χ0) is 26.8. The van der Waals surface area contributed by atoms with Crippen LogP contribution in [0.3, 0.4) is 0 Å². The number of fused-ring (bicyclic) bond motifs is 1. The van der Waals surface area contributed by atoms with Crippen LogP contribution in [0.25, 0.3) is 0 Å². The fraction of sp³-hybridized carbons (Fsp3) is 0.258. The van der Waals surface area contributed by atoms with Crippen molar-refractivity contribution in [1.29, 1.82) is 0 Å². The van der Waals surface area contributed by atoms with Gasteiger partial charge in [-0.3, -0.25) is 19.8 Å². The number of carbonyl (C=O) groups excluding carboxylic acids is 2. The van der Waals surface area contributed by atoms with Crippen LogP contribution in [0.2, 0.25) is 5.02 Å². The first kappa shape index (κ1) is 25.7. The maximum Gasteiger partial charge on any atom is 0.257 e. The molecule has 1 fully saturated rings. The summed E-state index contributed by atoms with van der Waals surface area (Å²) < 4.78 is 0. The number of anilines is 1. The van der Waals surface area contributed by atoms with E-state index in [1.807, 2.05) is 17.0 Å². The Morgan fingerprint density at radius 3 is 2.10 bits per heavy atom. The standard InChI is InChI=1S/C31H29ClN4O2S/c32-24-13-11-23(12-14-24)29(37)34-31-33-27-25(15-16-26(27)39-31)30(38)36-19-17-35(18-20-36)28(21-7-3-1-4-8-21)22-9-5-2-6-10-22/h1-14,25,28H,15-20H2,(H,33,34,37). The molecule has 6 rings (SSSR count). The Hall–Kier alpha value is -3.52. The Morgan fingerprint density at radius 1 is 0.872 bits per heavy atom. The highest BCUT2D eigenvalue weighted by Crippen LogP contribution is 2.40. The topological polar surface area (TPSA) is 65.5 Å². The van der Waals surface area contributed by atoms with Crippen molar-refractivity contribution < 1.29 is 9.59 Å². The Morgan fingerprint density at radius 2 is 1.49 bits per heavy atom. The molecule has 8 heteroatoms. The maximum absolute atomic E-state index is 13.6. The number of hydrogen-bond donors (Lipinski definition) is 1. The number of amides is 2. The van der Waals surface area contributed by atoms with E-state index in [1.54, 1.807) is 24.3 Å². The summed E-state index contributed by atoms with van der Waals surface area (Å²) in [4.78, 5) is 36.5. The van der Waals surface area contributed by atoms with E-state index in [-0.39, 0.29) is 23.8 Å². The number of thiazole rings is 1. The van der Waals surface area contributed by atoms with Crippen molar-refractivity contribution in [1.82, 2.24) is 14.8 Å². The first-order valence-electron chi connectivity index (χ1n) is 13.3. The highest BCUT2D eigenvalue weighted by Gasteiger charge is 2.37. The number of carbonyl (C=O) groups is 2. The van der Waals surface area contributed by atoms with Crippen molar-refractivity contribution in [3.05, 3.63) is 117 Å². The van der Waals surface area contributed by atoms with Crippen LogP contribution in [0.1, 0.15) is 50.4 Å². The van der Waals surface area contributed by atoms with Gasteiger partial charge in [0.2, 0.25) is 5.91 Å². The van der Waals surface area contributed by atoms with Gasteiger partial charge in [0.1, 0.15) is 0 Å². The highest BCUT2D eigenvalue weighted by atomic mass is 35.5. The molecule has 1 saturated heterocycles. The largest absolute Gasteiger partial charge is 0.340 e. The molecule has 2 heterocycles. The molecule has 2 aliphatic rings. The van der Waals surface area contributed by atoms with Gasteiger partial charge in [-0.2, -0.15) is 0 Å². The summed E-state index contributed by atoms with van der Waals surface area (Å²) >= 11 is 7.40. The third-order valence-electron chi connectivity index (χ3n) is 7.56. The van der Waals surface area contributed by atoms with E-state index >= 15 is 0 Å². The minimum atomic E-state index is -0.247. The Bertz CT molecular complexity index is 1410. The minimum Gasteiger partial charge on any atom is -0.340 e. The number of benzene rings is 3. The molecule has 39 heavy (non-hydrogen) atoms. The summed E-state index contributed by atoms with van der Waals surface area (Å²) in [6, 6.07) is 28.1. The third kappa shape index (κ3) is 5.48. The normalized spacial score (nSPS) is 17.3. The number of aryl methyl sites for hydroxylation is 1. The summed E-state index contributed by atoms with van der Waals surface area (Å²) in [6.45, 7) is 2.98. The Labute approximate surface area is 237 Å². The van der Waals surface area contributed by atoms with E-state index in [2.05, 4.69) is 58.7 Å². The lowest BCUT2D eigenvalue weighted by Gasteiger charge is -2.40. The highest BCUT2D eigenvalue weighted by molar-refractivity contribution is 7.16. The predicted octanol–water partition coefficient (Wildman–Crippen LogP) is 6.01. The molecule has 1 aromatic heterocycles. The molecule has 1 aliphatic heterocycles. The Balaban J connectivity index is 1.12. The van der Waals surface area contributed by atoms with E-state index in [4.69, 9.17) is 16.6 Å². The van der Waals surface area contributed by atoms with Crippen LogP contribution in [-0.2, 0) is 11.2 Å². The van der Waals surface area contributed by atoms with Crippen LogP contribution in [0.5, 0.6) is 0 Å². The van der Waals surface area contributed by atoms with Gasteiger partial charge in [0.05, 0.1) is 17.7 Å².